The maximum absolute atomic E-state index is 13.2. The predicted octanol–water partition coefficient (Wildman–Crippen LogP) is 4.33. The number of halogens is 2. The van der Waals surface area contributed by atoms with E-state index in [1.807, 2.05) is 24.9 Å². The first kappa shape index (κ1) is 29.1. The molecule has 0 aromatic carbocycles. The molecule has 0 unspecified atom stereocenters. The molecule has 4 rings (SSSR count). The van der Waals surface area contributed by atoms with Crippen molar-refractivity contribution in [2.75, 3.05) is 27.2 Å². The highest BCUT2D eigenvalue weighted by atomic mass is 127. The van der Waals surface area contributed by atoms with Gasteiger partial charge in [0.1, 0.15) is 17.7 Å². The lowest BCUT2D eigenvalue weighted by atomic mass is 10.0. The molecule has 2 amide bonds. The summed E-state index contributed by atoms with van der Waals surface area (Å²) in [5.41, 5.74) is 0. The van der Waals surface area contributed by atoms with Gasteiger partial charge in [-0.1, -0.05) is 27.7 Å². The zero-order chi connectivity index (χ0) is 26.6. The molecule has 5 atom stereocenters. The van der Waals surface area contributed by atoms with Crippen molar-refractivity contribution in [2.24, 2.45) is 17.8 Å². The van der Waals surface area contributed by atoms with Gasteiger partial charge in [-0.2, -0.15) is 0 Å². The quantitative estimate of drug-likeness (QED) is 0.396. The Kier molecular flexibility index (Phi) is 10.4. The molecule has 0 bridgehead atoms. The molecule has 0 spiro atoms. The van der Waals surface area contributed by atoms with Crippen LogP contribution in [0, 0.1) is 25.2 Å². The minimum Gasteiger partial charge on any atom is -0.453 e. The molecule has 2 aliphatic rings. The summed E-state index contributed by atoms with van der Waals surface area (Å²) in [6.07, 6.45) is 5.20. The lowest BCUT2D eigenvalue weighted by molar-refractivity contribution is -0.138. The largest absolute Gasteiger partial charge is 0.453 e. The normalized spacial score (nSPS) is 24.4. The first-order valence-electron chi connectivity index (χ1n) is 12.3. The third kappa shape index (κ3) is 7.11. The highest BCUT2D eigenvalue weighted by molar-refractivity contribution is 14.1. The fourth-order valence-corrected chi connectivity index (χ4v) is 5.80. The summed E-state index contributed by atoms with van der Waals surface area (Å²) in [5, 5.41) is 3.44. The molecule has 200 valence electrons. The molecule has 12 heteroatoms. The number of nitrogens with one attached hydrogen (secondary N) is 3. The number of aromatic nitrogens is 4. The summed E-state index contributed by atoms with van der Waals surface area (Å²) >= 11 is 4.42. The topological polar surface area (TPSA) is 119 Å². The van der Waals surface area contributed by atoms with Crippen LogP contribution in [0.5, 0.6) is 0 Å². The van der Waals surface area contributed by atoms with Gasteiger partial charge < -0.3 is 24.9 Å². The van der Waals surface area contributed by atoms with Crippen LogP contribution in [0.15, 0.2) is 12.4 Å². The summed E-state index contributed by atoms with van der Waals surface area (Å²) in [5.74, 6) is 2.98. The standard InChI is InChI=1S/C16H25IN4O3.C8H12IN3/c1-9(2)13(20(4)16(23)24-5)15(22)21-8-10(3)6-11(21)14-18-7-12(17)19-14;1-5-2-6(10-3-5)8-11-4-7(9)12-8/h7,9-11,13H,6,8H2,1-5H3,(H,18,19);4-6,10H,2-3H2,1H3,(H,11,12)/t10-,11-,13-;5-,6-/m00/s1. The smallest absolute Gasteiger partial charge is 0.409 e. The van der Waals surface area contributed by atoms with Gasteiger partial charge >= 0.3 is 6.09 Å². The Morgan fingerprint density at radius 1 is 1.08 bits per heavy atom. The Labute approximate surface area is 240 Å². The van der Waals surface area contributed by atoms with Gasteiger partial charge in [0.15, 0.2) is 0 Å². The van der Waals surface area contributed by atoms with Crippen molar-refractivity contribution in [1.29, 1.82) is 0 Å². The average Bonchev–Trinajstić information content (AvgIpc) is 3.61. The van der Waals surface area contributed by atoms with Crippen molar-refractivity contribution in [2.45, 2.75) is 58.7 Å². The number of carbonyl (C=O) groups excluding carboxylic acids is 2. The second-order valence-electron chi connectivity index (χ2n) is 10.2. The van der Waals surface area contributed by atoms with Crippen LogP contribution in [0.4, 0.5) is 4.79 Å². The second-order valence-corrected chi connectivity index (χ2v) is 12.5. The van der Waals surface area contributed by atoms with Gasteiger partial charge in [0, 0.05) is 13.6 Å². The van der Waals surface area contributed by atoms with E-state index in [4.69, 9.17) is 4.74 Å². The highest BCUT2D eigenvalue weighted by Crippen LogP contribution is 2.35. The number of carbonyl (C=O) groups is 2. The van der Waals surface area contributed by atoms with E-state index in [9.17, 15) is 9.59 Å². The minimum atomic E-state index is -0.556. The van der Waals surface area contributed by atoms with Gasteiger partial charge in [0.05, 0.1) is 39.0 Å². The number of hydrogen-bond donors (Lipinski definition) is 3. The molecule has 0 aliphatic carbocycles. The second kappa shape index (κ2) is 12.9. The number of likely N-dealkylation sites (N-methyl/N-ethyl adjacent to an activating group) is 1. The zero-order valence-corrected chi connectivity index (χ0v) is 26.0. The van der Waals surface area contributed by atoms with Crippen molar-refractivity contribution < 1.29 is 14.3 Å². The number of imidazole rings is 2. The van der Waals surface area contributed by atoms with Gasteiger partial charge in [0.2, 0.25) is 5.91 Å². The number of H-pyrrole nitrogens is 2. The van der Waals surface area contributed by atoms with Crippen LogP contribution in [0.2, 0.25) is 0 Å². The van der Waals surface area contributed by atoms with Crippen LogP contribution in [0.1, 0.15) is 64.3 Å². The number of likely N-dealkylation sites (tertiary alicyclic amines) is 1. The van der Waals surface area contributed by atoms with Crippen LogP contribution in [0.3, 0.4) is 0 Å². The lowest BCUT2D eigenvalue weighted by Gasteiger charge is -2.34. The van der Waals surface area contributed by atoms with Crippen LogP contribution < -0.4 is 5.32 Å². The zero-order valence-electron chi connectivity index (χ0n) is 21.7. The molecular weight excluding hydrogens is 688 g/mol. The molecule has 3 N–H and O–H groups in total. The molecule has 2 fully saturated rings. The number of methoxy groups -OCH3 is 1. The molecule has 4 heterocycles. The van der Waals surface area contributed by atoms with Gasteiger partial charge in [-0.3, -0.25) is 9.69 Å². The fraction of sp³-hybridized carbons (Fsp3) is 0.667. The summed E-state index contributed by atoms with van der Waals surface area (Å²) < 4.78 is 6.85. The van der Waals surface area contributed by atoms with Crippen molar-refractivity contribution >= 4 is 57.2 Å². The number of amides is 2. The average molecular weight is 725 g/mol. The van der Waals surface area contributed by atoms with Crippen molar-refractivity contribution in [1.82, 2.24) is 35.1 Å². The first-order valence-corrected chi connectivity index (χ1v) is 14.4. The maximum Gasteiger partial charge on any atom is 0.409 e. The Balaban J connectivity index is 0.000000249. The van der Waals surface area contributed by atoms with Gasteiger partial charge in [-0.25, -0.2) is 14.8 Å². The molecule has 36 heavy (non-hydrogen) atoms. The van der Waals surface area contributed by atoms with E-state index < -0.39 is 12.1 Å². The summed E-state index contributed by atoms with van der Waals surface area (Å²) in [7, 11) is 2.94. The minimum absolute atomic E-state index is 0.0186. The number of ether oxygens (including phenoxy) is 1. The molecule has 0 saturated carbocycles. The summed E-state index contributed by atoms with van der Waals surface area (Å²) in [6.45, 7) is 10.0. The van der Waals surface area contributed by atoms with E-state index in [1.54, 1.807) is 13.2 Å². The number of hydrogen-bond acceptors (Lipinski definition) is 6. The maximum atomic E-state index is 13.2. The summed E-state index contributed by atoms with van der Waals surface area (Å²) in [6, 6.07) is -0.189. The molecule has 2 aromatic heterocycles. The Morgan fingerprint density at radius 3 is 2.17 bits per heavy atom. The number of rotatable bonds is 5. The van der Waals surface area contributed by atoms with Crippen molar-refractivity contribution in [3.8, 4) is 0 Å². The Bertz CT molecular complexity index is 1030. The van der Waals surface area contributed by atoms with E-state index in [2.05, 4.69) is 84.3 Å². The van der Waals surface area contributed by atoms with Crippen LogP contribution in [0.25, 0.3) is 0 Å². The van der Waals surface area contributed by atoms with Crippen LogP contribution in [-0.4, -0.2) is 75.0 Å². The van der Waals surface area contributed by atoms with E-state index in [-0.39, 0.29) is 17.9 Å². The summed E-state index contributed by atoms with van der Waals surface area (Å²) in [4.78, 5) is 43.6. The molecule has 2 aliphatic heterocycles. The molecule has 0 radical (unpaired) electrons. The lowest BCUT2D eigenvalue weighted by Crippen LogP contribution is -2.52. The predicted molar refractivity (Wildman–Crippen MR) is 154 cm³/mol. The fourth-order valence-electron chi connectivity index (χ4n) is 4.97. The number of aromatic amines is 2. The van der Waals surface area contributed by atoms with Gasteiger partial charge in [-0.05, 0) is 82.3 Å². The highest BCUT2D eigenvalue weighted by Gasteiger charge is 2.41. The third-order valence-corrected chi connectivity index (χ3v) is 7.78. The third-order valence-electron chi connectivity index (χ3n) is 6.68. The molecular formula is C24H37I2N7O3. The van der Waals surface area contributed by atoms with E-state index in [0.29, 0.717) is 18.5 Å². The molecule has 2 aromatic rings. The monoisotopic (exact) mass is 725 g/mol. The molecule has 2 saturated heterocycles. The first-order chi connectivity index (χ1) is 17.0. The van der Waals surface area contributed by atoms with Crippen molar-refractivity contribution in [3.05, 3.63) is 31.4 Å². The Hall–Kier alpha value is -1.42. The van der Waals surface area contributed by atoms with Crippen molar-refractivity contribution in [3.63, 3.8) is 0 Å². The number of nitrogens with zero attached hydrogens (tertiary/aromatic N) is 4. The van der Waals surface area contributed by atoms with Crippen LogP contribution in [-0.2, 0) is 9.53 Å². The van der Waals surface area contributed by atoms with E-state index in [1.165, 1.54) is 18.4 Å². The van der Waals surface area contributed by atoms with E-state index in [0.717, 1.165) is 37.9 Å². The SMILES string of the molecule is COC(=O)N(C)[C@H](C(=O)N1C[C@@H](C)C[C@H]1c1ncc(I)[nH]1)C(C)C.C[C@@H]1CN[C@H](c2ncc(I)[nH]2)C1. The van der Waals surface area contributed by atoms with Gasteiger partial charge in [-0.15, -0.1) is 0 Å². The van der Waals surface area contributed by atoms with Gasteiger partial charge in [0.25, 0.3) is 0 Å². The molecule has 10 nitrogen and oxygen atoms in total. The van der Waals surface area contributed by atoms with E-state index >= 15 is 0 Å². The van der Waals surface area contributed by atoms with Crippen LogP contribution >= 0.6 is 45.2 Å². The Morgan fingerprint density at radius 2 is 1.69 bits per heavy atom.